The van der Waals surface area contributed by atoms with Gasteiger partial charge in [0, 0.05) is 42.0 Å². The molecule has 140 valence electrons. The van der Waals surface area contributed by atoms with Crippen LogP contribution in [0.4, 0.5) is 5.95 Å². The average molecular weight is 372 g/mol. The van der Waals surface area contributed by atoms with Crippen LogP contribution in [-0.4, -0.2) is 36.2 Å². The highest BCUT2D eigenvalue weighted by molar-refractivity contribution is 5.96. The summed E-state index contributed by atoms with van der Waals surface area (Å²) in [6.07, 6.45) is 3.62. The Morgan fingerprint density at radius 3 is 2.29 bits per heavy atom. The van der Waals surface area contributed by atoms with Crippen molar-refractivity contribution in [3.63, 3.8) is 0 Å². The fraction of sp³-hybridized carbons (Fsp3) is 0.136. The van der Waals surface area contributed by atoms with E-state index in [4.69, 9.17) is 14.5 Å². The van der Waals surface area contributed by atoms with Crippen molar-refractivity contribution >= 4 is 16.9 Å². The molecule has 28 heavy (non-hydrogen) atoms. The predicted octanol–water partition coefficient (Wildman–Crippen LogP) is 4.42. The van der Waals surface area contributed by atoms with Crippen molar-refractivity contribution in [2.75, 3.05) is 26.6 Å². The van der Waals surface area contributed by atoms with E-state index in [0.29, 0.717) is 17.4 Å². The van der Waals surface area contributed by atoms with E-state index in [1.54, 1.807) is 27.5 Å². The zero-order chi connectivity index (χ0) is 19.5. The maximum Gasteiger partial charge on any atom is 0.223 e. The van der Waals surface area contributed by atoms with Crippen LogP contribution in [0.2, 0.25) is 0 Å². The van der Waals surface area contributed by atoms with Crippen molar-refractivity contribution in [2.45, 2.75) is 0 Å². The number of benzene rings is 2. The number of nitrogens with one attached hydrogen (secondary N) is 1. The Hall–Kier alpha value is -3.67. The van der Waals surface area contributed by atoms with Crippen LogP contribution in [0.15, 0.2) is 60.9 Å². The molecule has 0 fully saturated rings. The third-order valence-corrected chi connectivity index (χ3v) is 4.56. The third kappa shape index (κ3) is 3.20. The number of anilines is 1. The topological polar surface area (TPSA) is 69.2 Å². The Balaban J connectivity index is 1.95. The first-order valence-corrected chi connectivity index (χ1v) is 8.86. The minimum Gasteiger partial charge on any atom is -0.493 e. The molecule has 0 aliphatic rings. The number of pyridine rings is 1. The second kappa shape index (κ2) is 7.52. The average Bonchev–Trinajstić information content (AvgIpc) is 2.77. The quantitative estimate of drug-likeness (QED) is 0.559. The van der Waals surface area contributed by atoms with E-state index >= 15 is 0 Å². The summed E-state index contributed by atoms with van der Waals surface area (Å²) < 4.78 is 10.9. The summed E-state index contributed by atoms with van der Waals surface area (Å²) in [6.45, 7) is 0. The lowest BCUT2D eigenvalue weighted by molar-refractivity contribution is 0.356. The van der Waals surface area contributed by atoms with Crippen molar-refractivity contribution in [3.05, 3.63) is 60.9 Å². The molecule has 0 spiro atoms. The van der Waals surface area contributed by atoms with Crippen LogP contribution in [0, 0.1) is 0 Å². The lowest BCUT2D eigenvalue weighted by Crippen LogP contribution is -2.00. The summed E-state index contributed by atoms with van der Waals surface area (Å²) in [5.41, 5.74) is 4.71. The summed E-state index contributed by atoms with van der Waals surface area (Å²) in [5.74, 6) is 1.81. The molecule has 0 saturated carbocycles. The van der Waals surface area contributed by atoms with Gasteiger partial charge >= 0.3 is 0 Å². The van der Waals surface area contributed by atoms with Crippen molar-refractivity contribution in [2.24, 2.45) is 0 Å². The predicted molar refractivity (Wildman–Crippen MR) is 111 cm³/mol. The minimum atomic E-state index is 0.543. The van der Waals surface area contributed by atoms with Gasteiger partial charge in [0.05, 0.1) is 25.4 Å². The molecule has 0 amide bonds. The molecule has 0 saturated heterocycles. The lowest BCUT2D eigenvalue weighted by Gasteiger charge is -2.13. The molecule has 0 bridgehead atoms. The van der Waals surface area contributed by atoms with Crippen LogP contribution >= 0.6 is 0 Å². The van der Waals surface area contributed by atoms with Crippen LogP contribution in [0.3, 0.4) is 0 Å². The first-order chi connectivity index (χ1) is 13.7. The van der Waals surface area contributed by atoms with Gasteiger partial charge in [-0.15, -0.1) is 0 Å². The molecule has 0 radical (unpaired) electrons. The first-order valence-electron chi connectivity index (χ1n) is 8.86. The largest absolute Gasteiger partial charge is 0.493 e. The summed E-state index contributed by atoms with van der Waals surface area (Å²) in [6, 6.07) is 16.0. The summed E-state index contributed by atoms with van der Waals surface area (Å²) in [4.78, 5) is 13.5. The van der Waals surface area contributed by atoms with E-state index in [1.165, 1.54) is 0 Å². The van der Waals surface area contributed by atoms with Gasteiger partial charge in [0.1, 0.15) is 0 Å². The van der Waals surface area contributed by atoms with Gasteiger partial charge in [0.2, 0.25) is 5.95 Å². The van der Waals surface area contributed by atoms with Crippen LogP contribution in [0.25, 0.3) is 33.3 Å². The van der Waals surface area contributed by atoms with E-state index in [0.717, 1.165) is 33.3 Å². The SMILES string of the molecule is CNc1nc(-c2cccc(-c3cccnc3)c2)c2cc(OC)c(OC)cc2n1. The Bertz CT molecular complexity index is 1130. The van der Waals surface area contributed by atoms with E-state index in [1.807, 2.05) is 42.6 Å². The van der Waals surface area contributed by atoms with Crippen molar-refractivity contribution < 1.29 is 9.47 Å². The van der Waals surface area contributed by atoms with Crippen LogP contribution in [-0.2, 0) is 0 Å². The fourth-order valence-electron chi connectivity index (χ4n) is 3.17. The van der Waals surface area contributed by atoms with Gasteiger partial charge in [-0.2, -0.15) is 0 Å². The van der Waals surface area contributed by atoms with Crippen molar-refractivity contribution in [1.29, 1.82) is 0 Å². The molecule has 6 heteroatoms. The van der Waals surface area contributed by atoms with Gasteiger partial charge < -0.3 is 14.8 Å². The molecule has 6 nitrogen and oxygen atoms in total. The Kier molecular flexibility index (Phi) is 4.76. The molecular formula is C22H20N4O2. The Labute approximate surface area is 163 Å². The fourth-order valence-corrected chi connectivity index (χ4v) is 3.17. The molecule has 2 aromatic heterocycles. The highest BCUT2D eigenvalue weighted by atomic mass is 16.5. The molecule has 4 aromatic rings. The molecule has 0 aliphatic carbocycles. The van der Waals surface area contributed by atoms with E-state index in [2.05, 4.69) is 27.4 Å². The molecule has 0 aliphatic heterocycles. The zero-order valence-corrected chi connectivity index (χ0v) is 15.9. The summed E-state index contributed by atoms with van der Waals surface area (Å²) in [5, 5.41) is 3.93. The second-order valence-electron chi connectivity index (χ2n) is 6.19. The molecule has 0 unspecified atom stereocenters. The number of rotatable bonds is 5. The summed E-state index contributed by atoms with van der Waals surface area (Å²) >= 11 is 0. The van der Waals surface area contributed by atoms with Gasteiger partial charge in [-0.3, -0.25) is 4.98 Å². The number of fused-ring (bicyclic) bond motifs is 1. The number of methoxy groups -OCH3 is 2. The molecule has 1 N–H and O–H groups in total. The zero-order valence-electron chi connectivity index (χ0n) is 15.9. The second-order valence-corrected chi connectivity index (χ2v) is 6.19. The van der Waals surface area contributed by atoms with Gasteiger partial charge in [0.25, 0.3) is 0 Å². The maximum absolute atomic E-state index is 5.48. The number of aromatic nitrogens is 3. The van der Waals surface area contributed by atoms with E-state index in [-0.39, 0.29) is 0 Å². The van der Waals surface area contributed by atoms with Crippen LogP contribution < -0.4 is 14.8 Å². The van der Waals surface area contributed by atoms with Crippen LogP contribution in [0.1, 0.15) is 0 Å². The monoisotopic (exact) mass is 372 g/mol. The van der Waals surface area contributed by atoms with Gasteiger partial charge in [-0.1, -0.05) is 24.3 Å². The number of hydrogen-bond acceptors (Lipinski definition) is 6. The van der Waals surface area contributed by atoms with E-state index in [9.17, 15) is 0 Å². The highest BCUT2D eigenvalue weighted by Gasteiger charge is 2.15. The molecular weight excluding hydrogens is 352 g/mol. The normalized spacial score (nSPS) is 10.7. The smallest absolute Gasteiger partial charge is 0.223 e. The van der Waals surface area contributed by atoms with Gasteiger partial charge in [0.15, 0.2) is 11.5 Å². The van der Waals surface area contributed by atoms with Crippen molar-refractivity contribution in [3.8, 4) is 33.9 Å². The van der Waals surface area contributed by atoms with Crippen LogP contribution in [0.5, 0.6) is 11.5 Å². The number of hydrogen-bond donors (Lipinski definition) is 1. The summed E-state index contributed by atoms with van der Waals surface area (Å²) in [7, 11) is 5.04. The molecule has 2 aromatic carbocycles. The van der Waals surface area contributed by atoms with Crippen molar-refractivity contribution in [1.82, 2.24) is 15.0 Å². The molecule has 2 heterocycles. The number of ether oxygens (including phenoxy) is 2. The Morgan fingerprint density at radius 1 is 0.821 bits per heavy atom. The minimum absolute atomic E-state index is 0.543. The lowest BCUT2D eigenvalue weighted by atomic mass is 10.0. The molecule has 0 atom stereocenters. The van der Waals surface area contributed by atoms with Gasteiger partial charge in [-0.25, -0.2) is 9.97 Å². The standard InChI is InChI=1S/C22H20N4O2/c1-23-22-25-18-12-20(28-3)19(27-2)11-17(18)21(26-22)15-7-4-6-14(10-15)16-8-5-9-24-13-16/h4-13H,1-3H3,(H,23,25,26). The maximum atomic E-state index is 5.48. The third-order valence-electron chi connectivity index (χ3n) is 4.56. The van der Waals surface area contributed by atoms with E-state index < -0.39 is 0 Å². The molecule has 4 rings (SSSR count). The number of nitrogens with zero attached hydrogens (tertiary/aromatic N) is 3. The Morgan fingerprint density at radius 2 is 1.57 bits per heavy atom. The first kappa shape index (κ1) is 17.7. The highest BCUT2D eigenvalue weighted by Crippen LogP contribution is 2.37. The van der Waals surface area contributed by atoms with Gasteiger partial charge in [-0.05, 0) is 23.8 Å².